The largest absolute Gasteiger partial charge is 0.370 e. The second kappa shape index (κ2) is 6.99. The Morgan fingerprint density at radius 3 is 2.78 bits per heavy atom. The van der Waals surface area contributed by atoms with Gasteiger partial charge in [-0.15, -0.1) is 11.3 Å². The van der Waals surface area contributed by atoms with Crippen molar-refractivity contribution in [3.8, 4) is 0 Å². The first-order chi connectivity index (χ1) is 12.9. The van der Waals surface area contributed by atoms with Gasteiger partial charge in [-0.25, -0.2) is 15.0 Å². The van der Waals surface area contributed by atoms with Gasteiger partial charge in [0.1, 0.15) is 16.5 Å². The highest BCUT2D eigenvalue weighted by molar-refractivity contribution is 7.25. The van der Waals surface area contributed by atoms with Crippen LogP contribution in [0.5, 0.6) is 0 Å². The molecule has 0 amide bonds. The summed E-state index contributed by atoms with van der Waals surface area (Å²) in [5.74, 6) is 1.88. The zero-order chi connectivity index (χ0) is 19.2. The summed E-state index contributed by atoms with van der Waals surface area (Å²) in [4.78, 5) is 18.1. The van der Waals surface area contributed by atoms with Crippen LogP contribution in [0.1, 0.15) is 57.6 Å². The summed E-state index contributed by atoms with van der Waals surface area (Å²) < 4.78 is 7.16. The van der Waals surface area contributed by atoms with E-state index in [4.69, 9.17) is 19.7 Å². The van der Waals surface area contributed by atoms with E-state index >= 15 is 0 Å². The molecule has 1 aliphatic rings. The van der Waals surface area contributed by atoms with Crippen LogP contribution in [-0.2, 0) is 17.8 Å². The van der Waals surface area contributed by atoms with Crippen LogP contribution in [0.25, 0.3) is 20.4 Å². The summed E-state index contributed by atoms with van der Waals surface area (Å²) in [5, 5.41) is 1.13. The molecule has 4 rings (SSSR count). The number of aromatic nitrogens is 3. The molecule has 0 saturated carbocycles. The molecule has 0 aromatic carbocycles. The maximum Gasteiger partial charge on any atom is 0.150 e. The molecular formula is C21H28N4OS. The van der Waals surface area contributed by atoms with Gasteiger partial charge in [0.2, 0.25) is 0 Å². The van der Waals surface area contributed by atoms with Crippen molar-refractivity contribution in [3.63, 3.8) is 0 Å². The van der Waals surface area contributed by atoms with Crippen LogP contribution in [0.2, 0.25) is 0 Å². The summed E-state index contributed by atoms with van der Waals surface area (Å²) in [6.07, 6.45) is 3.20. The molecule has 0 radical (unpaired) electrons. The van der Waals surface area contributed by atoms with Gasteiger partial charge in [-0.2, -0.15) is 0 Å². The van der Waals surface area contributed by atoms with E-state index in [2.05, 4.69) is 38.7 Å². The van der Waals surface area contributed by atoms with Crippen molar-refractivity contribution in [1.82, 2.24) is 15.0 Å². The Morgan fingerprint density at radius 1 is 1.22 bits per heavy atom. The van der Waals surface area contributed by atoms with Gasteiger partial charge < -0.3 is 9.64 Å². The van der Waals surface area contributed by atoms with Gasteiger partial charge in [0.05, 0.1) is 28.1 Å². The number of anilines is 1. The van der Waals surface area contributed by atoms with Crippen molar-refractivity contribution < 1.29 is 4.74 Å². The number of nitrogens with zero attached hydrogens (tertiary/aromatic N) is 4. The molecule has 144 valence electrons. The van der Waals surface area contributed by atoms with Crippen molar-refractivity contribution in [2.24, 2.45) is 0 Å². The average Bonchev–Trinajstić information content (AvgIpc) is 2.97. The minimum atomic E-state index is -0.148. The maximum atomic E-state index is 6.00. The molecule has 0 fully saturated rings. The molecule has 0 N–H and O–H groups in total. The van der Waals surface area contributed by atoms with Gasteiger partial charge in [0.15, 0.2) is 0 Å². The SMILES string of the molecule is CCCCN(CC)c1nc(C)nc2c1sc1nc3c(cc12)COC(C)(C)C3. The van der Waals surface area contributed by atoms with E-state index in [1.165, 1.54) is 18.4 Å². The molecule has 0 spiro atoms. The Kier molecular flexibility index (Phi) is 4.80. The second-order valence-corrected chi connectivity index (χ2v) is 8.98. The number of aryl methyl sites for hydroxylation is 1. The number of fused-ring (bicyclic) bond motifs is 4. The lowest BCUT2D eigenvalue weighted by Gasteiger charge is -2.30. The van der Waals surface area contributed by atoms with E-state index in [-0.39, 0.29) is 5.60 Å². The van der Waals surface area contributed by atoms with Crippen LogP contribution in [-0.4, -0.2) is 33.6 Å². The van der Waals surface area contributed by atoms with Crippen molar-refractivity contribution in [1.29, 1.82) is 0 Å². The van der Waals surface area contributed by atoms with Crippen molar-refractivity contribution >= 4 is 37.6 Å². The molecule has 0 saturated heterocycles. The minimum absolute atomic E-state index is 0.148. The summed E-state index contributed by atoms with van der Waals surface area (Å²) in [6, 6.07) is 2.24. The first kappa shape index (κ1) is 18.6. The van der Waals surface area contributed by atoms with E-state index in [1.54, 1.807) is 11.3 Å². The summed E-state index contributed by atoms with van der Waals surface area (Å²) in [7, 11) is 0. The Morgan fingerprint density at radius 2 is 2.04 bits per heavy atom. The average molecular weight is 385 g/mol. The molecule has 0 unspecified atom stereocenters. The molecular weight excluding hydrogens is 356 g/mol. The predicted octanol–water partition coefficient (Wildman–Crippen LogP) is 5.03. The van der Waals surface area contributed by atoms with Gasteiger partial charge >= 0.3 is 0 Å². The molecule has 3 aromatic rings. The van der Waals surface area contributed by atoms with Crippen molar-refractivity contribution in [2.45, 2.75) is 66.1 Å². The van der Waals surface area contributed by atoms with Crippen LogP contribution in [0.4, 0.5) is 5.82 Å². The minimum Gasteiger partial charge on any atom is -0.370 e. The van der Waals surface area contributed by atoms with Crippen LogP contribution < -0.4 is 4.90 Å². The fourth-order valence-corrected chi connectivity index (χ4v) is 4.86. The van der Waals surface area contributed by atoms with Gasteiger partial charge in [-0.1, -0.05) is 13.3 Å². The molecule has 0 atom stereocenters. The lowest BCUT2D eigenvalue weighted by atomic mass is 9.95. The Bertz CT molecular complexity index is 995. The Hall–Kier alpha value is -1.79. The van der Waals surface area contributed by atoms with Gasteiger partial charge in [-0.05, 0) is 40.2 Å². The lowest BCUT2D eigenvalue weighted by Crippen LogP contribution is -2.32. The third-order valence-corrected chi connectivity index (χ3v) is 6.33. The molecule has 0 bridgehead atoms. The zero-order valence-electron chi connectivity index (χ0n) is 16.9. The van der Waals surface area contributed by atoms with E-state index in [0.29, 0.717) is 6.61 Å². The maximum absolute atomic E-state index is 6.00. The predicted molar refractivity (Wildman–Crippen MR) is 113 cm³/mol. The molecule has 0 aliphatic carbocycles. The third-order valence-electron chi connectivity index (χ3n) is 5.24. The number of hydrogen-bond donors (Lipinski definition) is 0. The van der Waals surface area contributed by atoms with E-state index in [9.17, 15) is 0 Å². The Balaban J connectivity index is 1.89. The normalized spacial score (nSPS) is 16.0. The molecule has 4 heterocycles. The quantitative estimate of drug-likeness (QED) is 0.618. The van der Waals surface area contributed by atoms with Crippen LogP contribution in [0.3, 0.4) is 0 Å². The first-order valence-electron chi connectivity index (χ1n) is 9.90. The molecule has 1 aliphatic heterocycles. The fourth-order valence-electron chi connectivity index (χ4n) is 3.72. The number of rotatable bonds is 5. The zero-order valence-corrected chi connectivity index (χ0v) is 17.7. The fraction of sp³-hybridized carbons (Fsp3) is 0.571. The number of thiophene rings is 1. The van der Waals surface area contributed by atoms with E-state index in [1.807, 2.05) is 6.92 Å². The van der Waals surface area contributed by atoms with Crippen LogP contribution in [0.15, 0.2) is 6.07 Å². The lowest BCUT2D eigenvalue weighted by molar-refractivity contribution is -0.0411. The molecule has 3 aromatic heterocycles. The standard InChI is InChI=1S/C21H28N4OS/c1-6-8-9-25(7-2)19-18-17(22-13(3)23-19)15-10-14-12-26-21(4,5)11-16(14)24-20(15)27-18/h10H,6-9,11-12H2,1-5H3. The number of unbranched alkanes of at least 4 members (excludes halogenated alkanes) is 1. The molecule has 27 heavy (non-hydrogen) atoms. The third kappa shape index (κ3) is 3.41. The number of ether oxygens (including phenoxy) is 1. The summed E-state index contributed by atoms with van der Waals surface area (Å²) in [5.41, 5.74) is 3.24. The van der Waals surface area contributed by atoms with Crippen LogP contribution in [0, 0.1) is 6.92 Å². The van der Waals surface area contributed by atoms with Gasteiger partial charge in [0, 0.05) is 30.5 Å². The highest BCUT2D eigenvalue weighted by Gasteiger charge is 2.28. The summed E-state index contributed by atoms with van der Waals surface area (Å²) >= 11 is 1.73. The first-order valence-corrected chi connectivity index (χ1v) is 10.7. The smallest absolute Gasteiger partial charge is 0.150 e. The second-order valence-electron chi connectivity index (χ2n) is 7.98. The monoisotopic (exact) mass is 384 g/mol. The van der Waals surface area contributed by atoms with Gasteiger partial charge in [-0.3, -0.25) is 0 Å². The highest BCUT2D eigenvalue weighted by atomic mass is 32.1. The van der Waals surface area contributed by atoms with E-state index < -0.39 is 0 Å². The number of pyridine rings is 1. The van der Waals surface area contributed by atoms with Crippen molar-refractivity contribution in [2.75, 3.05) is 18.0 Å². The highest BCUT2D eigenvalue weighted by Crippen LogP contribution is 2.39. The Labute approximate surface area is 164 Å². The number of hydrogen-bond acceptors (Lipinski definition) is 6. The topological polar surface area (TPSA) is 51.1 Å². The molecule has 5 nitrogen and oxygen atoms in total. The summed E-state index contributed by atoms with van der Waals surface area (Å²) in [6.45, 7) is 13.3. The van der Waals surface area contributed by atoms with Crippen molar-refractivity contribution in [3.05, 3.63) is 23.1 Å². The van der Waals surface area contributed by atoms with E-state index in [0.717, 1.165) is 57.3 Å². The van der Waals surface area contributed by atoms with Gasteiger partial charge in [0.25, 0.3) is 0 Å². The molecule has 6 heteroatoms. The van der Waals surface area contributed by atoms with Crippen LogP contribution >= 0.6 is 11.3 Å².